The summed E-state index contributed by atoms with van der Waals surface area (Å²) < 4.78 is 31.8. The van der Waals surface area contributed by atoms with E-state index in [1.165, 1.54) is 0 Å². The first-order valence-corrected chi connectivity index (χ1v) is 10.6. The maximum Gasteiger partial charge on any atom is 0.213 e. The van der Waals surface area contributed by atoms with Crippen LogP contribution in [0.25, 0.3) is 0 Å². The SMILES string of the molecule is I.NC(=NCCCN1CCOCC1)NCCS(=O)(=O)NCc1ccccc1. The van der Waals surface area contributed by atoms with E-state index in [4.69, 9.17) is 10.5 Å². The average Bonchev–Trinajstić information content (AvgIpc) is 2.65. The lowest BCUT2D eigenvalue weighted by atomic mass is 10.2. The molecule has 0 aliphatic carbocycles. The number of hydrogen-bond donors (Lipinski definition) is 3. The highest BCUT2D eigenvalue weighted by molar-refractivity contribution is 14.0. The summed E-state index contributed by atoms with van der Waals surface area (Å²) in [4.78, 5) is 6.57. The van der Waals surface area contributed by atoms with Crippen molar-refractivity contribution in [3.05, 3.63) is 35.9 Å². The molecule has 0 atom stereocenters. The Labute approximate surface area is 179 Å². The Kier molecular flexibility index (Phi) is 11.8. The predicted molar refractivity (Wildman–Crippen MR) is 119 cm³/mol. The predicted octanol–water partition coefficient (Wildman–Crippen LogP) is 0.351. The molecular weight excluding hydrogens is 481 g/mol. The molecule has 154 valence electrons. The molecule has 10 heteroatoms. The first-order valence-electron chi connectivity index (χ1n) is 8.90. The molecule has 4 N–H and O–H groups in total. The van der Waals surface area contributed by atoms with Crippen LogP contribution < -0.4 is 15.8 Å². The molecular formula is C17H30IN5O3S. The monoisotopic (exact) mass is 511 g/mol. The molecule has 1 aromatic rings. The van der Waals surface area contributed by atoms with Gasteiger partial charge in [-0.3, -0.25) is 9.89 Å². The van der Waals surface area contributed by atoms with Gasteiger partial charge in [-0.1, -0.05) is 30.3 Å². The number of halogens is 1. The van der Waals surface area contributed by atoms with Gasteiger partial charge in [0.15, 0.2) is 5.96 Å². The number of benzene rings is 1. The summed E-state index contributed by atoms with van der Waals surface area (Å²) in [5, 5.41) is 2.85. The molecule has 0 unspecified atom stereocenters. The van der Waals surface area contributed by atoms with Gasteiger partial charge in [0.05, 0.1) is 19.0 Å². The van der Waals surface area contributed by atoms with Gasteiger partial charge in [0.1, 0.15) is 0 Å². The van der Waals surface area contributed by atoms with Gasteiger partial charge < -0.3 is 15.8 Å². The molecule has 1 aliphatic rings. The van der Waals surface area contributed by atoms with E-state index in [1.807, 2.05) is 30.3 Å². The summed E-state index contributed by atoms with van der Waals surface area (Å²) >= 11 is 0. The molecule has 27 heavy (non-hydrogen) atoms. The van der Waals surface area contributed by atoms with Crippen LogP contribution >= 0.6 is 24.0 Å². The second kappa shape index (κ2) is 13.3. The number of rotatable bonds is 10. The van der Waals surface area contributed by atoms with Crippen LogP contribution in [0.3, 0.4) is 0 Å². The van der Waals surface area contributed by atoms with Crippen LogP contribution in [0.2, 0.25) is 0 Å². The third-order valence-corrected chi connectivity index (χ3v) is 5.36. The topological polar surface area (TPSA) is 109 Å². The van der Waals surface area contributed by atoms with E-state index >= 15 is 0 Å². The van der Waals surface area contributed by atoms with Crippen LogP contribution in [-0.4, -0.2) is 71.0 Å². The Bertz CT molecular complexity index is 652. The average molecular weight is 511 g/mol. The van der Waals surface area contributed by atoms with Crippen LogP contribution in [0.15, 0.2) is 35.3 Å². The molecule has 1 aliphatic heterocycles. The minimum absolute atomic E-state index is 0. The quantitative estimate of drug-likeness (QED) is 0.181. The molecule has 1 saturated heterocycles. The minimum atomic E-state index is -3.36. The highest BCUT2D eigenvalue weighted by atomic mass is 127. The van der Waals surface area contributed by atoms with Crippen LogP contribution in [0.5, 0.6) is 0 Å². The van der Waals surface area contributed by atoms with E-state index in [2.05, 4.69) is 19.9 Å². The maximum absolute atomic E-state index is 12.0. The normalized spacial score (nSPS) is 15.9. The van der Waals surface area contributed by atoms with Crippen molar-refractivity contribution in [3.8, 4) is 0 Å². The molecule has 1 fully saturated rings. The molecule has 0 radical (unpaired) electrons. The second-order valence-electron chi connectivity index (χ2n) is 6.13. The first kappa shape index (κ1) is 24.1. The fraction of sp³-hybridized carbons (Fsp3) is 0.588. The van der Waals surface area contributed by atoms with Gasteiger partial charge in [0.25, 0.3) is 0 Å². The number of guanidine groups is 1. The highest BCUT2D eigenvalue weighted by Crippen LogP contribution is 1.99. The van der Waals surface area contributed by atoms with Crippen molar-refractivity contribution in [1.29, 1.82) is 0 Å². The van der Waals surface area contributed by atoms with Crippen molar-refractivity contribution in [2.75, 3.05) is 51.7 Å². The summed E-state index contributed by atoms with van der Waals surface area (Å²) in [7, 11) is -3.36. The molecule has 0 spiro atoms. The molecule has 8 nitrogen and oxygen atoms in total. The van der Waals surface area contributed by atoms with Gasteiger partial charge in [-0.15, -0.1) is 24.0 Å². The van der Waals surface area contributed by atoms with Gasteiger partial charge in [-0.05, 0) is 12.0 Å². The lowest BCUT2D eigenvalue weighted by Crippen LogP contribution is -2.38. The van der Waals surface area contributed by atoms with Crippen molar-refractivity contribution in [2.24, 2.45) is 10.7 Å². The number of sulfonamides is 1. The Hall–Kier alpha value is -0.950. The van der Waals surface area contributed by atoms with Crippen molar-refractivity contribution >= 4 is 40.0 Å². The Morgan fingerprint density at radius 2 is 1.93 bits per heavy atom. The Morgan fingerprint density at radius 1 is 1.22 bits per heavy atom. The van der Waals surface area contributed by atoms with Gasteiger partial charge in [0, 0.05) is 39.3 Å². The molecule has 1 aromatic carbocycles. The lowest BCUT2D eigenvalue weighted by molar-refractivity contribution is 0.0377. The van der Waals surface area contributed by atoms with Crippen LogP contribution in [0.1, 0.15) is 12.0 Å². The van der Waals surface area contributed by atoms with Crippen molar-refractivity contribution < 1.29 is 13.2 Å². The zero-order valence-corrected chi connectivity index (χ0v) is 18.6. The molecule has 1 heterocycles. The van der Waals surface area contributed by atoms with E-state index in [9.17, 15) is 8.42 Å². The fourth-order valence-electron chi connectivity index (χ4n) is 2.55. The third-order valence-electron chi connectivity index (χ3n) is 4.03. The number of morpholine rings is 1. The van der Waals surface area contributed by atoms with Gasteiger partial charge in [0.2, 0.25) is 10.0 Å². The van der Waals surface area contributed by atoms with Crippen LogP contribution in [0, 0.1) is 0 Å². The highest BCUT2D eigenvalue weighted by Gasteiger charge is 2.10. The van der Waals surface area contributed by atoms with Gasteiger partial charge >= 0.3 is 0 Å². The number of ether oxygens (including phenoxy) is 1. The van der Waals surface area contributed by atoms with Gasteiger partial charge in [-0.2, -0.15) is 0 Å². The Balaban J connectivity index is 0.00000364. The number of hydrogen-bond acceptors (Lipinski definition) is 5. The third kappa shape index (κ3) is 10.8. The maximum atomic E-state index is 12.0. The van der Waals surface area contributed by atoms with Gasteiger partial charge in [-0.25, -0.2) is 13.1 Å². The Morgan fingerprint density at radius 3 is 2.63 bits per heavy atom. The summed E-state index contributed by atoms with van der Waals surface area (Å²) in [6.07, 6.45) is 0.916. The molecule has 0 aromatic heterocycles. The zero-order chi connectivity index (χ0) is 18.7. The second-order valence-corrected chi connectivity index (χ2v) is 8.05. The summed E-state index contributed by atoms with van der Waals surface area (Å²) in [5.74, 6) is 0.231. The van der Waals surface area contributed by atoms with Crippen molar-refractivity contribution in [3.63, 3.8) is 0 Å². The fourth-order valence-corrected chi connectivity index (χ4v) is 3.45. The van der Waals surface area contributed by atoms with E-state index in [0.717, 1.165) is 44.8 Å². The number of nitrogens with two attached hydrogens (primary N) is 1. The largest absolute Gasteiger partial charge is 0.379 e. The molecule has 0 amide bonds. The van der Waals surface area contributed by atoms with E-state index < -0.39 is 10.0 Å². The number of nitrogens with one attached hydrogen (secondary N) is 2. The van der Waals surface area contributed by atoms with E-state index in [-0.39, 0.29) is 48.8 Å². The molecule has 2 rings (SSSR count). The molecule has 0 bridgehead atoms. The first-order chi connectivity index (χ1) is 12.6. The standard InChI is InChI=1S/C17H29N5O3S.HI/c18-17(19-7-4-9-22-10-12-25-13-11-22)20-8-14-26(23,24)21-15-16-5-2-1-3-6-16;/h1-3,5-6,21H,4,7-15H2,(H3,18,19,20);1H. The number of nitrogens with zero attached hydrogens (tertiary/aromatic N) is 2. The summed E-state index contributed by atoms with van der Waals surface area (Å²) in [6.45, 7) is 5.61. The minimum Gasteiger partial charge on any atom is -0.379 e. The van der Waals surface area contributed by atoms with Crippen LogP contribution in [0.4, 0.5) is 0 Å². The summed E-state index contributed by atoms with van der Waals surface area (Å²) in [6, 6.07) is 9.40. The smallest absolute Gasteiger partial charge is 0.213 e. The van der Waals surface area contributed by atoms with E-state index in [0.29, 0.717) is 6.54 Å². The lowest BCUT2D eigenvalue weighted by Gasteiger charge is -2.26. The van der Waals surface area contributed by atoms with E-state index in [1.54, 1.807) is 0 Å². The van der Waals surface area contributed by atoms with Crippen molar-refractivity contribution in [2.45, 2.75) is 13.0 Å². The molecule has 0 saturated carbocycles. The number of aliphatic imine (C=N–C) groups is 1. The van der Waals surface area contributed by atoms with Crippen LogP contribution in [-0.2, 0) is 21.3 Å². The zero-order valence-electron chi connectivity index (χ0n) is 15.5. The van der Waals surface area contributed by atoms with Crippen molar-refractivity contribution in [1.82, 2.24) is 14.9 Å². The summed E-state index contributed by atoms with van der Waals surface area (Å²) in [5.41, 5.74) is 6.70.